The first-order chi connectivity index (χ1) is 15.7. The second kappa shape index (κ2) is 8.70. The van der Waals surface area contributed by atoms with Crippen molar-refractivity contribution >= 4 is 28.3 Å². The van der Waals surface area contributed by atoms with Gasteiger partial charge in [-0.3, -0.25) is 19.4 Å². The SMILES string of the molecule is Cc1cc2c(=O)c(C(=O)c3ccncc3)cn(CC(=O)Nc3ccc(F)c(F)c3)c2cc1F. The van der Waals surface area contributed by atoms with Crippen molar-refractivity contribution in [3.05, 3.63) is 105 Å². The predicted octanol–water partition coefficient (Wildman–Crippen LogP) is 3.99. The molecule has 2 aromatic carbocycles. The number of carbonyl (C=O) groups excluding carboxylic acids is 2. The smallest absolute Gasteiger partial charge is 0.244 e. The average molecular weight is 451 g/mol. The Morgan fingerprint density at radius 3 is 2.39 bits per heavy atom. The number of aromatic nitrogens is 2. The van der Waals surface area contributed by atoms with E-state index < -0.39 is 41.1 Å². The second-order valence-corrected chi connectivity index (χ2v) is 7.36. The van der Waals surface area contributed by atoms with Gasteiger partial charge in [-0.1, -0.05) is 0 Å². The van der Waals surface area contributed by atoms with Crippen LogP contribution in [0.15, 0.2) is 65.8 Å². The maximum Gasteiger partial charge on any atom is 0.244 e. The van der Waals surface area contributed by atoms with Gasteiger partial charge in [0, 0.05) is 41.3 Å². The number of pyridine rings is 2. The third kappa shape index (κ3) is 4.38. The minimum Gasteiger partial charge on any atom is -0.337 e. The van der Waals surface area contributed by atoms with Gasteiger partial charge in [0.05, 0.1) is 11.1 Å². The number of rotatable bonds is 5. The van der Waals surface area contributed by atoms with Crippen molar-refractivity contribution in [1.29, 1.82) is 0 Å². The summed E-state index contributed by atoms with van der Waals surface area (Å²) in [5.74, 6) is -4.03. The highest BCUT2D eigenvalue weighted by Gasteiger charge is 2.19. The third-order valence-corrected chi connectivity index (χ3v) is 5.07. The molecular formula is C24H16F3N3O3. The number of anilines is 1. The number of benzene rings is 2. The van der Waals surface area contributed by atoms with Crippen LogP contribution in [0, 0.1) is 24.4 Å². The molecule has 1 amide bonds. The van der Waals surface area contributed by atoms with E-state index in [4.69, 9.17) is 0 Å². The van der Waals surface area contributed by atoms with E-state index >= 15 is 0 Å². The van der Waals surface area contributed by atoms with E-state index in [2.05, 4.69) is 10.3 Å². The molecule has 2 heterocycles. The van der Waals surface area contributed by atoms with Crippen molar-refractivity contribution in [3.63, 3.8) is 0 Å². The number of hydrogen-bond acceptors (Lipinski definition) is 4. The van der Waals surface area contributed by atoms with Gasteiger partial charge in [-0.05, 0) is 48.9 Å². The van der Waals surface area contributed by atoms with Crippen LogP contribution in [0.5, 0.6) is 0 Å². The van der Waals surface area contributed by atoms with Gasteiger partial charge in [0.1, 0.15) is 12.4 Å². The molecule has 0 aliphatic heterocycles. The normalized spacial score (nSPS) is 10.9. The standard InChI is InChI=1S/C24H16F3N3O3/c1-13-8-16-21(10-19(13)26)30(12-22(31)29-15-2-3-18(25)20(27)9-15)11-17(24(16)33)23(32)14-4-6-28-7-5-14/h2-11H,12H2,1H3,(H,29,31). The molecule has 0 saturated heterocycles. The highest BCUT2D eigenvalue weighted by Crippen LogP contribution is 2.19. The molecule has 0 bridgehead atoms. The maximum absolute atomic E-state index is 14.3. The number of nitrogens with one attached hydrogen (secondary N) is 1. The van der Waals surface area contributed by atoms with E-state index in [-0.39, 0.29) is 33.3 Å². The van der Waals surface area contributed by atoms with Gasteiger partial charge in [-0.25, -0.2) is 13.2 Å². The summed E-state index contributed by atoms with van der Waals surface area (Å²) in [5, 5.41) is 2.48. The number of ketones is 1. The molecule has 166 valence electrons. The second-order valence-electron chi connectivity index (χ2n) is 7.36. The maximum atomic E-state index is 14.3. The molecule has 33 heavy (non-hydrogen) atoms. The van der Waals surface area contributed by atoms with Gasteiger partial charge in [0.2, 0.25) is 11.3 Å². The summed E-state index contributed by atoms with van der Waals surface area (Å²) in [7, 11) is 0. The molecule has 0 atom stereocenters. The summed E-state index contributed by atoms with van der Waals surface area (Å²) in [4.78, 5) is 42.5. The minimum atomic E-state index is -1.13. The first-order valence-electron chi connectivity index (χ1n) is 9.77. The lowest BCUT2D eigenvalue weighted by atomic mass is 10.0. The van der Waals surface area contributed by atoms with Crippen LogP contribution in [0.2, 0.25) is 0 Å². The Morgan fingerprint density at radius 1 is 0.970 bits per heavy atom. The topological polar surface area (TPSA) is 81.1 Å². The zero-order valence-corrected chi connectivity index (χ0v) is 17.2. The van der Waals surface area contributed by atoms with Crippen LogP contribution in [-0.4, -0.2) is 21.2 Å². The molecule has 0 radical (unpaired) electrons. The average Bonchev–Trinajstić information content (AvgIpc) is 2.79. The molecule has 0 aliphatic carbocycles. The summed E-state index contributed by atoms with van der Waals surface area (Å²) in [6.07, 6.45) is 4.00. The number of hydrogen-bond donors (Lipinski definition) is 1. The van der Waals surface area contributed by atoms with Crippen molar-refractivity contribution in [3.8, 4) is 0 Å². The van der Waals surface area contributed by atoms with Gasteiger partial charge < -0.3 is 9.88 Å². The highest BCUT2D eigenvalue weighted by atomic mass is 19.2. The van der Waals surface area contributed by atoms with Gasteiger partial charge in [-0.15, -0.1) is 0 Å². The number of halogens is 3. The number of aryl methyl sites for hydroxylation is 1. The van der Waals surface area contributed by atoms with Crippen molar-refractivity contribution in [2.45, 2.75) is 13.5 Å². The molecular weight excluding hydrogens is 435 g/mol. The Kier molecular flexibility index (Phi) is 5.78. The lowest BCUT2D eigenvalue weighted by Crippen LogP contribution is -2.24. The molecule has 9 heteroatoms. The number of nitrogens with zero attached hydrogens (tertiary/aromatic N) is 2. The van der Waals surface area contributed by atoms with Crippen LogP contribution < -0.4 is 10.7 Å². The van der Waals surface area contributed by atoms with Crippen molar-refractivity contribution in [1.82, 2.24) is 9.55 Å². The first-order valence-corrected chi connectivity index (χ1v) is 9.77. The van der Waals surface area contributed by atoms with Crippen LogP contribution >= 0.6 is 0 Å². The number of fused-ring (bicyclic) bond motifs is 1. The lowest BCUT2D eigenvalue weighted by molar-refractivity contribution is -0.116. The van der Waals surface area contributed by atoms with Crippen LogP contribution in [0.3, 0.4) is 0 Å². The molecule has 1 N–H and O–H groups in total. The number of amides is 1. The molecule has 4 aromatic rings. The Labute approximate surface area is 185 Å². The largest absolute Gasteiger partial charge is 0.337 e. The molecule has 6 nitrogen and oxygen atoms in total. The van der Waals surface area contributed by atoms with E-state index in [1.54, 1.807) is 0 Å². The molecule has 0 unspecified atom stereocenters. The van der Waals surface area contributed by atoms with E-state index in [1.807, 2.05) is 0 Å². The van der Waals surface area contributed by atoms with Crippen molar-refractivity contribution < 1.29 is 22.8 Å². The van der Waals surface area contributed by atoms with Crippen molar-refractivity contribution in [2.75, 3.05) is 5.32 Å². The highest BCUT2D eigenvalue weighted by molar-refractivity contribution is 6.10. The number of carbonyl (C=O) groups is 2. The molecule has 0 fully saturated rings. The first kappa shape index (κ1) is 21.9. The summed E-state index contributed by atoms with van der Waals surface area (Å²) >= 11 is 0. The minimum absolute atomic E-state index is 0.0133. The fraction of sp³-hybridized carbons (Fsp3) is 0.0833. The Hall–Kier alpha value is -4.27. The van der Waals surface area contributed by atoms with Crippen LogP contribution in [0.4, 0.5) is 18.9 Å². The fourth-order valence-electron chi connectivity index (χ4n) is 3.40. The lowest BCUT2D eigenvalue weighted by Gasteiger charge is -2.14. The monoisotopic (exact) mass is 451 g/mol. The van der Waals surface area contributed by atoms with Gasteiger partial charge in [0.15, 0.2) is 17.4 Å². The molecule has 0 spiro atoms. The van der Waals surface area contributed by atoms with E-state index in [0.29, 0.717) is 0 Å². The third-order valence-electron chi connectivity index (χ3n) is 5.07. The Bertz CT molecular complexity index is 1470. The van der Waals surface area contributed by atoms with Gasteiger partial charge in [-0.2, -0.15) is 0 Å². The quantitative estimate of drug-likeness (QED) is 0.466. The summed E-state index contributed by atoms with van der Waals surface area (Å²) in [6.45, 7) is 1.06. The molecule has 2 aromatic heterocycles. The Balaban J connectivity index is 1.78. The van der Waals surface area contributed by atoms with E-state index in [9.17, 15) is 27.6 Å². The summed E-state index contributed by atoms with van der Waals surface area (Å²) in [6, 6.07) is 8.19. The van der Waals surface area contributed by atoms with Crippen LogP contribution in [0.1, 0.15) is 21.5 Å². The van der Waals surface area contributed by atoms with E-state index in [0.717, 1.165) is 18.2 Å². The summed E-state index contributed by atoms with van der Waals surface area (Å²) < 4.78 is 42.1. The van der Waals surface area contributed by atoms with Crippen molar-refractivity contribution in [2.24, 2.45) is 0 Å². The predicted molar refractivity (Wildman–Crippen MR) is 116 cm³/mol. The zero-order valence-electron chi connectivity index (χ0n) is 17.2. The Morgan fingerprint density at radius 2 is 1.70 bits per heavy atom. The molecule has 0 saturated carbocycles. The van der Waals surface area contributed by atoms with E-state index in [1.165, 1.54) is 54.3 Å². The van der Waals surface area contributed by atoms with Crippen LogP contribution in [0.25, 0.3) is 10.9 Å². The van der Waals surface area contributed by atoms with Gasteiger partial charge in [0.25, 0.3) is 0 Å². The zero-order chi connectivity index (χ0) is 23.7. The van der Waals surface area contributed by atoms with Gasteiger partial charge >= 0.3 is 0 Å². The molecule has 0 aliphatic rings. The molecule has 4 rings (SSSR count). The fourth-order valence-corrected chi connectivity index (χ4v) is 3.40. The summed E-state index contributed by atoms with van der Waals surface area (Å²) in [5.41, 5.74) is -0.273. The van der Waals surface area contributed by atoms with Crippen LogP contribution in [-0.2, 0) is 11.3 Å².